The molecule has 1 aliphatic rings. The van der Waals surface area contributed by atoms with Crippen LogP contribution >= 0.6 is 0 Å². The topological polar surface area (TPSA) is 130 Å². The van der Waals surface area contributed by atoms with Crippen LogP contribution in [0.25, 0.3) is 16.9 Å². The van der Waals surface area contributed by atoms with Crippen molar-refractivity contribution in [1.29, 1.82) is 0 Å². The molecule has 1 atom stereocenters. The van der Waals surface area contributed by atoms with Gasteiger partial charge in [-0.25, -0.2) is 30.4 Å². The minimum atomic E-state index is -0.0509. The second-order valence-corrected chi connectivity index (χ2v) is 13.6. The molecule has 0 saturated heterocycles. The van der Waals surface area contributed by atoms with Gasteiger partial charge in [0.25, 0.3) is 0 Å². The Labute approximate surface area is 343 Å². The highest BCUT2D eigenvalue weighted by Crippen LogP contribution is 2.26. The number of nitrogens with zero attached hydrogens (tertiary/aromatic N) is 11. The molecule has 1 aliphatic heterocycles. The van der Waals surface area contributed by atoms with Crippen molar-refractivity contribution in [2.45, 2.75) is 40.2 Å². The van der Waals surface area contributed by atoms with Gasteiger partial charge in [0.1, 0.15) is 12.3 Å². The Bertz CT molecular complexity index is 2270. The van der Waals surface area contributed by atoms with E-state index in [1.54, 1.807) is 18.6 Å². The van der Waals surface area contributed by atoms with Gasteiger partial charge >= 0.3 is 0 Å². The number of allylic oxidation sites excluding steroid dienone is 1. The fraction of sp³-hybridized carbons (Fsp3) is 0.326. The van der Waals surface area contributed by atoms with E-state index in [1.807, 2.05) is 152 Å². The summed E-state index contributed by atoms with van der Waals surface area (Å²) >= 11 is 0. The maximum Gasteiger partial charge on any atom is 0.180 e. The second kappa shape index (κ2) is 21.2. The summed E-state index contributed by atoms with van der Waals surface area (Å²) in [7, 11) is 15.8. The Hall–Kier alpha value is -6.45. The molecular formula is C43H60N14O. The van der Waals surface area contributed by atoms with Gasteiger partial charge in [-0.1, -0.05) is 32.9 Å². The molecule has 6 aromatic rings. The van der Waals surface area contributed by atoms with Crippen LogP contribution in [-0.4, -0.2) is 112 Å². The van der Waals surface area contributed by atoms with E-state index in [9.17, 15) is 4.79 Å². The number of likely N-dealkylation sites (N-methyl/N-ethyl adjacent to an activating group) is 1. The molecule has 0 bridgehead atoms. The standard InChI is InChI=1S/C20H27N7.C14H15N5.C7H12N2O.C2H6/c1-6-15(14-26(5)21-2)18-13-23-20-19(22-10-11-27(18)20)24-16-8-7-9-17(12-16)25(3)4;1-18(2)12-5-3-4-11(10-12)17-13-14-16-7-9-19(14)8-6-15-13;1-6-4-8(2)9(3)7(6)5-10;1-2/h7-14,21H,6H2,1-5H3,(H,22,24);3-10H,1-2H3,(H,15,17);4-5,7H,1-3H3;1-2H3/b15-14+;;;. The van der Waals surface area contributed by atoms with Crippen LogP contribution in [0.3, 0.4) is 0 Å². The van der Waals surface area contributed by atoms with Gasteiger partial charge in [-0.3, -0.25) is 4.40 Å². The quantitative estimate of drug-likeness (QED) is 0.0908. The van der Waals surface area contributed by atoms with Crippen LogP contribution in [0.4, 0.5) is 34.4 Å². The molecule has 2 aromatic carbocycles. The largest absolute Gasteiger partial charge is 0.378 e. The zero-order chi connectivity index (χ0) is 42.4. The Morgan fingerprint density at radius 2 is 1.34 bits per heavy atom. The van der Waals surface area contributed by atoms with Crippen molar-refractivity contribution >= 4 is 57.5 Å². The molecule has 15 nitrogen and oxygen atoms in total. The average Bonchev–Trinajstić information content (AvgIpc) is 3.96. The number of anilines is 6. The zero-order valence-corrected chi connectivity index (χ0v) is 36.0. The minimum Gasteiger partial charge on any atom is -0.378 e. The lowest BCUT2D eigenvalue weighted by Crippen LogP contribution is -2.36. The van der Waals surface area contributed by atoms with Crippen LogP contribution in [0, 0.1) is 0 Å². The molecule has 4 aromatic heterocycles. The molecule has 0 radical (unpaired) electrons. The number of imidazole rings is 2. The number of benzene rings is 2. The Balaban J connectivity index is 0.000000207. The highest BCUT2D eigenvalue weighted by molar-refractivity contribution is 5.75. The number of aldehydes is 1. The van der Waals surface area contributed by atoms with Crippen LogP contribution in [-0.2, 0) is 4.79 Å². The summed E-state index contributed by atoms with van der Waals surface area (Å²) in [5, 5.41) is 12.4. The van der Waals surface area contributed by atoms with Crippen LogP contribution in [0.1, 0.15) is 39.8 Å². The average molecular weight is 789 g/mol. The Kier molecular flexibility index (Phi) is 16.2. The zero-order valence-electron chi connectivity index (χ0n) is 36.0. The molecule has 5 heterocycles. The molecule has 1 unspecified atom stereocenters. The van der Waals surface area contributed by atoms with Gasteiger partial charge in [0.05, 0.1) is 11.9 Å². The van der Waals surface area contributed by atoms with Crippen LogP contribution in [0.2, 0.25) is 0 Å². The predicted octanol–water partition coefficient (Wildman–Crippen LogP) is 7.17. The number of hydrogen-bond donors (Lipinski definition) is 3. The van der Waals surface area contributed by atoms with E-state index in [4.69, 9.17) is 0 Å². The van der Waals surface area contributed by atoms with Crippen LogP contribution in [0.15, 0.2) is 110 Å². The maximum atomic E-state index is 10.5. The first kappa shape index (κ1) is 44.3. The van der Waals surface area contributed by atoms with E-state index >= 15 is 0 Å². The number of carbonyl (C=O) groups is 1. The first-order valence-electron chi connectivity index (χ1n) is 19.3. The number of hydrazine groups is 2. The van der Waals surface area contributed by atoms with Gasteiger partial charge in [-0.15, -0.1) is 0 Å². The molecule has 0 saturated carbocycles. The van der Waals surface area contributed by atoms with Gasteiger partial charge in [-0.05, 0) is 60.9 Å². The fourth-order valence-corrected chi connectivity index (χ4v) is 5.97. The minimum absolute atomic E-state index is 0.0509. The predicted molar refractivity (Wildman–Crippen MR) is 240 cm³/mol. The third-order valence-electron chi connectivity index (χ3n) is 9.29. The van der Waals surface area contributed by atoms with E-state index in [-0.39, 0.29) is 6.04 Å². The Morgan fingerprint density at radius 1 is 0.793 bits per heavy atom. The molecule has 0 fully saturated rings. The van der Waals surface area contributed by atoms with E-state index in [0.29, 0.717) is 0 Å². The number of aromatic nitrogens is 6. The molecule has 58 heavy (non-hydrogen) atoms. The molecule has 0 aliphatic carbocycles. The second-order valence-electron chi connectivity index (χ2n) is 13.6. The van der Waals surface area contributed by atoms with Crippen LogP contribution < -0.4 is 25.9 Å². The van der Waals surface area contributed by atoms with E-state index in [0.717, 1.165) is 69.7 Å². The summed E-state index contributed by atoms with van der Waals surface area (Å²) in [4.78, 5) is 32.4. The van der Waals surface area contributed by atoms with Crippen molar-refractivity contribution in [3.05, 3.63) is 116 Å². The third kappa shape index (κ3) is 11.1. The molecule has 3 N–H and O–H groups in total. The lowest BCUT2D eigenvalue weighted by Gasteiger charge is -2.23. The fourth-order valence-electron chi connectivity index (χ4n) is 5.97. The third-order valence-corrected chi connectivity index (χ3v) is 9.29. The highest BCUT2D eigenvalue weighted by Gasteiger charge is 2.24. The molecule has 0 amide bonds. The number of rotatable bonds is 11. The lowest BCUT2D eigenvalue weighted by atomic mass is 10.1. The van der Waals surface area contributed by atoms with Crippen molar-refractivity contribution in [3.63, 3.8) is 0 Å². The van der Waals surface area contributed by atoms with E-state index < -0.39 is 0 Å². The molecule has 0 spiro atoms. The number of nitrogens with one attached hydrogen (secondary N) is 3. The van der Waals surface area contributed by atoms with Crippen LogP contribution in [0.5, 0.6) is 0 Å². The molecular weight excluding hydrogens is 729 g/mol. The van der Waals surface area contributed by atoms with Crippen molar-refractivity contribution in [2.24, 2.45) is 0 Å². The molecule has 15 heteroatoms. The molecule has 308 valence electrons. The van der Waals surface area contributed by atoms with Gasteiger partial charge < -0.3 is 39.6 Å². The monoisotopic (exact) mass is 789 g/mol. The van der Waals surface area contributed by atoms with Crippen molar-refractivity contribution < 1.29 is 4.79 Å². The highest BCUT2D eigenvalue weighted by atomic mass is 16.1. The van der Waals surface area contributed by atoms with Crippen molar-refractivity contribution in [3.8, 4) is 0 Å². The van der Waals surface area contributed by atoms with Crippen molar-refractivity contribution in [2.75, 3.05) is 76.8 Å². The normalized spacial score (nSPS) is 13.7. The SMILES string of the molecule is CC.CC/C(=C\N(C)NC)c1cnc2c(Nc3cccc(N(C)C)c3)nccn12.CC1=CN(C)N(C)C1C=O.CN(C)c1cccc(Nc2nccn3ccnc23)c1. The van der Waals surface area contributed by atoms with Gasteiger partial charge in [-0.2, -0.15) is 0 Å². The summed E-state index contributed by atoms with van der Waals surface area (Å²) in [6.07, 6.45) is 18.8. The first-order valence-corrected chi connectivity index (χ1v) is 19.3. The lowest BCUT2D eigenvalue weighted by molar-refractivity contribution is -0.113. The van der Waals surface area contributed by atoms with E-state index in [1.165, 1.54) is 5.57 Å². The van der Waals surface area contributed by atoms with Crippen molar-refractivity contribution in [1.82, 2.24) is 49.2 Å². The summed E-state index contributed by atoms with van der Waals surface area (Å²) in [6, 6.07) is 16.3. The Morgan fingerprint density at radius 3 is 1.83 bits per heavy atom. The summed E-state index contributed by atoms with van der Waals surface area (Å²) in [6.45, 7) is 8.10. The first-order chi connectivity index (χ1) is 27.9. The smallest absolute Gasteiger partial charge is 0.180 e. The summed E-state index contributed by atoms with van der Waals surface area (Å²) in [5.41, 5.74) is 12.3. The number of fused-ring (bicyclic) bond motifs is 2. The van der Waals surface area contributed by atoms with Gasteiger partial charge in [0, 0.05) is 129 Å². The summed E-state index contributed by atoms with van der Waals surface area (Å²) in [5.74, 6) is 1.49. The maximum absolute atomic E-state index is 10.5. The molecule has 7 rings (SSSR count). The van der Waals surface area contributed by atoms with Gasteiger partial charge in [0.15, 0.2) is 22.9 Å². The summed E-state index contributed by atoms with van der Waals surface area (Å²) < 4.78 is 4.01. The number of hydrogen-bond acceptors (Lipinski definition) is 13. The number of carbonyl (C=O) groups excluding carboxylic acids is 1. The van der Waals surface area contributed by atoms with Gasteiger partial charge in [0.2, 0.25) is 0 Å². The van der Waals surface area contributed by atoms with E-state index in [2.05, 4.69) is 87.6 Å².